The molecule has 3 N–H and O–H groups in total. The molecule has 0 aliphatic rings. The van der Waals surface area contributed by atoms with Gasteiger partial charge in [-0.05, 0) is 6.42 Å². The molecule has 0 unspecified atom stereocenters. The van der Waals surface area contributed by atoms with Gasteiger partial charge in [-0.3, -0.25) is 4.79 Å². The number of carbonyl (C=O) groups is 1. The van der Waals surface area contributed by atoms with Crippen molar-refractivity contribution < 1.29 is 9.32 Å². The molecule has 0 aliphatic carbocycles. The van der Waals surface area contributed by atoms with E-state index in [4.69, 9.17) is 10.3 Å². The number of nitrogens with zero attached hydrogens (tertiary/aromatic N) is 2. The average molecular weight is 212 g/mol. The molecule has 1 rings (SSSR count). The van der Waals surface area contributed by atoms with Gasteiger partial charge in [0.05, 0.1) is 6.04 Å². The fourth-order valence-corrected chi connectivity index (χ4v) is 1.06. The highest BCUT2D eigenvalue weighted by Crippen LogP contribution is 1.95. The summed E-state index contributed by atoms with van der Waals surface area (Å²) in [6, 6.07) is -0.433. The van der Waals surface area contributed by atoms with Crippen molar-refractivity contribution in [2.24, 2.45) is 5.73 Å². The second-order valence-corrected chi connectivity index (χ2v) is 3.29. The Morgan fingerprint density at radius 2 is 2.40 bits per heavy atom. The molecule has 84 valence electrons. The van der Waals surface area contributed by atoms with Gasteiger partial charge in [0, 0.05) is 19.9 Å². The molecule has 1 heterocycles. The van der Waals surface area contributed by atoms with Crippen molar-refractivity contribution in [1.82, 2.24) is 15.5 Å². The first-order chi connectivity index (χ1) is 7.13. The molecule has 1 aromatic heterocycles. The first-order valence-electron chi connectivity index (χ1n) is 4.96. The predicted molar refractivity (Wildman–Crippen MR) is 54.0 cm³/mol. The Balaban J connectivity index is 2.24. The summed E-state index contributed by atoms with van der Waals surface area (Å²) in [5.41, 5.74) is 5.54. The Morgan fingerprint density at radius 3 is 2.93 bits per heavy atom. The van der Waals surface area contributed by atoms with E-state index in [-0.39, 0.29) is 5.91 Å². The Bertz CT molecular complexity index is 324. The number of nitrogens with two attached hydrogens (primary N) is 1. The Hall–Kier alpha value is -1.43. The van der Waals surface area contributed by atoms with E-state index in [2.05, 4.69) is 15.5 Å². The molecule has 0 saturated carbocycles. The Morgan fingerprint density at radius 1 is 1.67 bits per heavy atom. The van der Waals surface area contributed by atoms with Crippen molar-refractivity contribution in [2.45, 2.75) is 32.7 Å². The standard InChI is InChI=1S/C9H16N4O2/c1-3-7(10)9(14)11-5-4-8-12-6(2)15-13-8/h7H,3-5,10H2,1-2H3,(H,11,14)/t7-/m1/s1. The number of aryl methyl sites for hydroxylation is 1. The van der Waals surface area contributed by atoms with Crippen LogP contribution in [0.25, 0.3) is 0 Å². The van der Waals surface area contributed by atoms with Crippen LogP contribution in [0.3, 0.4) is 0 Å². The van der Waals surface area contributed by atoms with Gasteiger partial charge >= 0.3 is 0 Å². The summed E-state index contributed by atoms with van der Waals surface area (Å²) >= 11 is 0. The Kier molecular flexibility index (Phi) is 4.23. The minimum absolute atomic E-state index is 0.141. The van der Waals surface area contributed by atoms with Gasteiger partial charge in [0.15, 0.2) is 5.82 Å². The van der Waals surface area contributed by atoms with Gasteiger partial charge in [0.2, 0.25) is 11.8 Å². The van der Waals surface area contributed by atoms with E-state index in [1.807, 2.05) is 6.92 Å². The van der Waals surface area contributed by atoms with E-state index in [0.717, 1.165) is 0 Å². The monoisotopic (exact) mass is 212 g/mol. The lowest BCUT2D eigenvalue weighted by Crippen LogP contribution is -2.40. The van der Waals surface area contributed by atoms with Crippen LogP contribution in [0, 0.1) is 6.92 Å². The second kappa shape index (κ2) is 5.45. The summed E-state index contributed by atoms with van der Waals surface area (Å²) in [6.07, 6.45) is 1.19. The van der Waals surface area contributed by atoms with Gasteiger partial charge in [0.25, 0.3) is 0 Å². The van der Waals surface area contributed by atoms with Crippen LogP contribution in [0.4, 0.5) is 0 Å². The molecule has 0 fully saturated rings. The molecular weight excluding hydrogens is 196 g/mol. The van der Waals surface area contributed by atoms with Crippen LogP contribution < -0.4 is 11.1 Å². The molecule has 0 radical (unpaired) electrons. The number of nitrogens with one attached hydrogen (secondary N) is 1. The van der Waals surface area contributed by atoms with Crippen molar-refractivity contribution in [3.8, 4) is 0 Å². The molecule has 6 heteroatoms. The zero-order valence-corrected chi connectivity index (χ0v) is 8.99. The van der Waals surface area contributed by atoms with Crippen molar-refractivity contribution in [2.75, 3.05) is 6.54 Å². The molecule has 0 aliphatic heterocycles. The van der Waals surface area contributed by atoms with Gasteiger partial charge in [-0.1, -0.05) is 12.1 Å². The fraction of sp³-hybridized carbons (Fsp3) is 0.667. The minimum Gasteiger partial charge on any atom is -0.354 e. The summed E-state index contributed by atoms with van der Waals surface area (Å²) in [4.78, 5) is 15.3. The second-order valence-electron chi connectivity index (χ2n) is 3.29. The van der Waals surface area contributed by atoms with E-state index in [1.54, 1.807) is 6.92 Å². The van der Waals surface area contributed by atoms with Crippen molar-refractivity contribution in [3.05, 3.63) is 11.7 Å². The van der Waals surface area contributed by atoms with Crippen molar-refractivity contribution in [1.29, 1.82) is 0 Å². The summed E-state index contributed by atoms with van der Waals surface area (Å²) in [6.45, 7) is 4.07. The van der Waals surface area contributed by atoms with Gasteiger partial charge < -0.3 is 15.6 Å². The molecule has 1 atom stereocenters. The van der Waals surface area contributed by atoms with Crippen molar-refractivity contribution >= 4 is 5.91 Å². The summed E-state index contributed by atoms with van der Waals surface area (Å²) < 4.78 is 4.79. The number of carbonyl (C=O) groups excluding carboxylic acids is 1. The number of hydrogen-bond donors (Lipinski definition) is 2. The van der Waals surface area contributed by atoms with Gasteiger partial charge in [-0.2, -0.15) is 4.98 Å². The lowest BCUT2D eigenvalue weighted by atomic mass is 10.2. The van der Waals surface area contributed by atoms with Crippen LogP contribution in [0.5, 0.6) is 0 Å². The number of rotatable bonds is 5. The van der Waals surface area contributed by atoms with E-state index in [9.17, 15) is 4.79 Å². The predicted octanol–water partition coefficient (Wildman–Crippen LogP) is -0.226. The first-order valence-corrected chi connectivity index (χ1v) is 4.96. The van der Waals surface area contributed by atoms with Crippen LogP contribution in [0.15, 0.2) is 4.52 Å². The highest BCUT2D eigenvalue weighted by atomic mass is 16.5. The van der Waals surface area contributed by atoms with E-state index >= 15 is 0 Å². The van der Waals surface area contributed by atoms with Crippen LogP contribution in [-0.4, -0.2) is 28.6 Å². The van der Waals surface area contributed by atoms with Gasteiger partial charge in [0.1, 0.15) is 0 Å². The highest BCUT2D eigenvalue weighted by molar-refractivity contribution is 5.81. The lowest BCUT2D eigenvalue weighted by Gasteiger charge is -2.08. The number of aromatic nitrogens is 2. The quantitative estimate of drug-likeness (QED) is 0.703. The third-order valence-electron chi connectivity index (χ3n) is 1.99. The lowest BCUT2D eigenvalue weighted by molar-refractivity contribution is -0.122. The summed E-state index contributed by atoms with van der Waals surface area (Å²) in [7, 11) is 0. The van der Waals surface area contributed by atoms with Crippen LogP contribution in [0.1, 0.15) is 25.1 Å². The fourth-order valence-electron chi connectivity index (χ4n) is 1.06. The summed E-state index contributed by atoms with van der Waals surface area (Å²) in [5.74, 6) is 0.983. The molecule has 0 saturated heterocycles. The smallest absolute Gasteiger partial charge is 0.236 e. The van der Waals surface area contributed by atoms with Crippen LogP contribution in [-0.2, 0) is 11.2 Å². The maximum atomic E-state index is 11.3. The number of hydrogen-bond acceptors (Lipinski definition) is 5. The van der Waals surface area contributed by atoms with E-state index < -0.39 is 6.04 Å². The zero-order valence-electron chi connectivity index (χ0n) is 8.99. The van der Waals surface area contributed by atoms with E-state index in [1.165, 1.54) is 0 Å². The SMILES string of the molecule is CC[C@@H](N)C(=O)NCCc1noc(C)n1. The van der Waals surface area contributed by atoms with Crippen LogP contribution in [0.2, 0.25) is 0 Å². The molecule has 1 aromatic rings. The summed E-state index contributed by atoms with van der Waals surface area (Å²) in [5, 5.41) is 6.41. The molecule has 0 aromatic carbocycles. The molecule has 1 amide bonds. The highest BCUT2D eigenvalue weighted by Gasteiger charge is 2.10. The van der Waals surface area contributed by atoms with Crippen LogP contribution >= 0.6 is 0 Å². The van der Waals surface area contributed by atoms with Crippen molar-refractivity contribution in [3.63, 3.8) is 0 Å². The maximum Gasteiger partial charge on any atom is 0.236 e. The molecule has 15 heavy (non-hydrogen) atoms. The number of amides is 1. The molecular formula is C9H16N4O2. The zero-order chi connectivity index (χ0) is 11.3. The third kappa shape index (κ3) is 3.67. The topological polar surface area (TPSA) is 94.0 Å². The minimum atomic E-state index is -0.433. The van der Waals surface area contributed by atoms with Gasteiger partial charge in [-0.15, -0.1) is 0 Å². The first kappa shape index (κ1) is 11.6. The van der Waals surface area contributed by atoms with Gasteiger partial charge in [-0.25, -0.2) is 0 Å². The maximum absolute atomic E-state index is 11.3. The average Bonchev–Trinajstić information content (AvgIpc) is 2.63. The molecule has 0 bridgehead atoms. The Labute approximate surface area is 88.2 Å². The molecule has 0 spiro atoms. The third-order valence-corrected chi connectivity index (χ3v) is 1.99. The largest absolute Gasteiger partial charge is 0.354 e. The normalized spacial score (nSPS) is 12.5. The van der Waals surface area contributed by atoms with E-state index in [0.29, 0.717) is 31.1 Å². The molecule has 6 nitrogen and oxygen atoms in total.